The molecule has 1 aliphatic carbocycles. The smallest absolute Gasteiger partial charge is 0.191 e. The van der Waals surface area contributed by atoms with Crippen molar-refractivity contribution in [1.29, 1.82) is 0 Å². The van der Waals surface area contributed by atoms with Crippen molar-refractivity contribution < 1.29 is 5.11 Å². The number of benzene rings is 1. The standard InChI is InChI=1S/C23H38N4OS.HI/c1-3-24-23(26-20-9-10-22(15-20)29-4-2)25-16-18-5-7-19(8-6-18)17-27-13-11-21(28)12-14-27;/h5-8,20-22,28H,3-4,9-17H2,1-2H3,(H2,24,25,26);1H. The third kappa shape index (κ3) is 8.55. The van der Waals surface area contributed by atoms with Gasteiger partial charge in [-0.3, -0.25) is 4.90 Å². The Hall–Kier alpha value is -0.510. The summed E-state index contributed by atoms with van der Waals surface area (Å²) in [6.07, 6.45) is 5.48. The van der Waals surface area contributed by atoms with E-state index < -0.39 is 0 Å². The predicted octanol–water partition coefficient (Wildman–Crippen LogP) is 3.99. The van der Waals surface area contributed by atoms with Gasteiger partial charge in [0.05, 0.1) is 12.6 Å². The summed E-state index contributed by atoms with van der Waals surface area (Å²) >= 11 is 2.09. The van der Waals surface area contributed by atoms with Gasteiger partial charge >= 0.3 is 0 Å². The molecule has 170 valence electrons. The van der Waals surface area contributed by atoms with Gasteiger partial charge in [-0.15, -0.1) is 24.0 Å². The zero-order valence-corrected chi connectivity index (χ0v) is 21.6. The minimum absolute atomic E-state index is 0. The number of hydrogen-bond donors (Lipinski definition) is 3. The van der Waals surface area contributed by atoms with Gasteiger partial charge in [0.25, 0.3) is 0 Å². The van der Waals surface area contributed by atoms with Crippen LogP contribution < -0.4 is 10.6 Å². The summed E-state index contributed by atoms with van der Waals surface area (Å²) in [5, 5.41) is 17.5. The van der Waals surface area contributed by atoms with Crippen LogP contribution in [0, 0.1) is 0 Å². The van der Waals surface area contributed by atoms with Crippen LogP contribution in [0.4, 0.5) is 0 Å². The molecule has 1 aromatic rings. The predicted molar refractivity (Wildman–Crippen MR) is 140 cm³/mol. The number of aliphatic hydroxyl groups is 1. The highest BCUT2D eigenvalue weighted by Crippen LogP contribution is 2.29. The molecular weight excluding hydrogens is 507 g/mol. The van der Waals surface area contributed by atoms with Gasteiger partial charge in [-0.1, -0.05) is 31.2 Å². The van der Waals surface area contributed by atoms with E-state index in [1.165, 1.54) is 36.1 Å². The van der Waals surface area contributed by atoms with Gasteiger partial charge < -0.3 is 15.7 Å². The number of rotatable bonds is 8. The fraction of sp³-hybridized carbons (Fsp3) is 0.696. The summed E-state index contributed by atoms with van der Waals surface area (Å²) in [4.78, 5) is 7.25. The van der Waals surface area contributed by atoms with Crippen molar-refractivity contribution in [2.24, 2.45) is 4.99 Å². The minimum atomic E-state index is -0.105. The first-order chi connectivity index (χ1) is 14.2. The lowest BCUT2D eigenvalue weighted by atomic mass is 10.1. The number of aliphatic imine (C=N–C) groups is 1. The quantitative estimate of drug-likeness (QED) is 0.262. The van der Waals surface area contributed by atoms with Gasteiger partial charge in [0, 0.05) is 37.5 Å². The highest BCUT2D eigenvalue weighted by molar-refractivity contribution is 14.0. The number of nitrogens with zero attached hydrogens (tertiary/aromatic N) is 2. The summed E-state index contributed by atoms with van der Waals surface area (Å²) in [5.41, 5.74) is 2.58. The SMILES string of the molecule is CCNC(=NCc1ccc(CN2CCC(O)CC2)cc1)NC1CCC(SCC)C1.I. The average Bonchev–Trinajstić information content (AvgIpc) is 3.16. The number of piperidine rings is 1. The lowest BCUT2D eigenvalue weighted by Crippen LogP contribution is -2.42. The highest BCUT2D eigenvalue weighted by Gasteiger charge is 2.25. The molecule has 3 rings (SSSR count). The van der Waals surface area contributed by atoms with Crippen LogP contribution in [0.15, 0.2) is 29.3 Å². The molecule has 1 saturated carbocycles. The van der Waals surface area contributed by atoms with Gasteiger partial charge in [0.2, 0.25) is 0 Å². The molecule has 7 heteroatoms. The normalized spacial score (nSPS) is 23.2. The number of aliphatic hydroxyl groups excluding tert-OH is 1. The first-order valence-electron chi connectivity index (χ1n) is 11.3. The van der Waals surface area contributed by atoms with Crippen molar-refractivity contribution >= 4 is 41.7 Å². The zero-order chi connectivity index (χ0) is 20.5. The van der Waals surface area contributed by atoms with Crippen LogP contribution in [0.25, 0.3) is 0 Å². The molecule has 1 saturated heterocycles. The molecule has 0 bridgehead atoms. The molecule has 2 aliphatic rings. The molecule has 2 atom stereocenters. The Balaban J connectivity index is 0.00000320. The van der Waals surface area contributed by atoms with Crippen LogP contribution in [-0.2, 0) is 13.1 Å². The topological polar surface area (TPSA) is 59.9 Å². The third-order valence-electron chi connectivity index (χ3n) is 5.88. The number of likely N-dealkylation sites (tertiary alicyclic amines) is 1. The molecule has 0 spiro atoms. The van der Waals surface area contributed by atoms with E-state index in [0.29, 0.717) is 12.6 Å². The molecule has 30 heavy (non-hydrogen) atoms. The average molecular weight is 547 g/mol. The maximum atomic E-state index is 9.65. The largest absolute Gasteiger partial charge is 0.393 e. The zero-order valence-electron chi connectivity index (χ0n) is 18.5. The molecule has 1 aliphatic heterocycles. The molecular formula is C23H39IN4OS. The van der Waals surface area contributed by atoms with Crippen molar-refractivity contribution in [1.82, 2.24) is 15.5 Å². The van der Waals surface area contributed by atoms with E-state index in [9.17, 15) is 5.11 Å². The van der Waals surface area contributed by atoms with Crippen molar-refractivity contribution in [3.8, 4) is 0 Å². The molecule has 3 N–H and O–H groups in total. The summed E-state index contributed by atoms with van der Waals surface area (Å²) in [6, 6.07) is 9.39. The molecule has 1 aromatic carbocycles. The molecule has 0 amide bonds. The molecule has 0 aromatic heterocycles. The second-order valence-electron chi connectivity index (χ2n) is 8.25. The number of nitrogens with one attached hydrogen (secondary N) is 2. The van der Waals surface area contributed by atoms with E-state index >= 15 is 0 Å². The lowest BCUT2D eigenvalue weighted by molar-refractivity contribution is 0.0792. The van der Waals surface area contributed by atoms with Gasteiger partial charge in [-0.2, -0.15) is 11.8 Å². The van der Waals surface area contributed by atoms with Crippen LogP contribution in [0.3, 0.4) is 0 Å². The summed E-state index contributed by atoms with van der Waals surface area (Å²) in [5.74, 6) is 2.15. The number of guanidine groups is 1. The van der Waals surface area contributed by atoms with Gasteiger partial charge in [0.15, 0.2) is 5.96 Å². The van der Waals surface area contributed by atoms with Gasteiger partial charge in [-0.25, -0.2) is 4.99 Å². The van der Waals surface area contributed by atoms with Crippen LogP contribution in [-0.4, -0.2) is 58.7 Å². The van der Waals surface area contributed by atoms with Crippen LogP contribution >= 0.6 is 35.7 Å². The molecule has 5 nitrogen and oxygen atoms in total. The maximum Gasteiger partial charge on any atom is 0.191 e. The fourth-order valence-electron chi connectivity index (χ4n) is 4.23. The summed E-state index contributed by atoms with van der Waals surface area (Å²) in [6.45, 7) is 8.90. The Morgan fingerprint density at radius 1 is 1.10 bits per heavy atom. The molecule has 2 unspecified atom stereocenters. The Morgan fingerprint density at radius 2 is 1.80 bits per heavy atom. The number of halogens is 1. The van der Waals surface area contributed by atoms with Crippen molar-refractivity contribution in [2.75, 3.05) is 25.4 Å². The van der Waals surface area contributed by atoms with Crippen molar-refractivity contribution in [3.63, 3.8) is 0 Å². The van der Waals surface area contributed by atoms with E-state index in [-0.39, 0.29) is 30.1 Å². The van der Waals surface area contributed by atoms with Crippen LogP contribution in [0.2, 0.25) is 0 Å². The fourth-order valence-corrected chi connectivity index (χ4v) is 5.37. The van der Waals surface area contributed by atoms with Crippen LogP contribution in [0.5, 0.6) is 0 Å². The first kappa shape index (κ1) is 25.7. The Labute approximate surface area is 203 Å². The minimum Gasteiger partial charge on any atom is -0.393 e. The molecule has 0 radical (unpaired) electrons. The monoisotopic (exact) mass is 546 g/mol. The number of hydrogen-bond acceptors (Lipinski definition) is 4. The Bertz CT molecular complexity index is 635. The second-order valence-corrected chi connectivity index (χ2v) is 9.83. The summed E-state index contributed by atoms with van der Waals surface area (Å²) in [7, 11) is 0. The highest BCUT2D eigenvalue weighted by atomic mass is 127. The first-order valence-corrected chi connectivity index (χ1v) is 12.4. The second kappa shape index (κ2) is 13.8. The van der Waals surface area contributed by atoms with Crippen molar-refractivity contribution in [3.05, 3.63) is 35.4 Å². The van der Waals surface area contributed by atoms with Crippen LogP contribution in [0.1, 0.15) is 57.1 Å². The molecule has 1 heterocycles. The summed E-state index contributed by atoms with van der Waals surface area (Å²) < 4.78 is 0. The number of thioether (sulfide) groups is 1. The third-order valence-corrected chi connectivity index (χ3v) is 7.11. The van der Waals surface area contributed by atoms with E-state index in [1.54, 1.807) is 0 Å². The Kier molecular flexibility index (Phi) is 11.8. The van der Waals surface area contributed by atoms with E-state index in [4.69, 9.17) is 4.99 Å². The Morgan fingerprint density at radius 3 is 2.47 bits per heavy atom. The molecule has 2 fully saturated rings. The lowest BCUT2D eigenvalue weighted by Gasteiger charge is -2.29. The van der Waals surface area contributed by atoms with E-state index in [0.717, 1.165) is 50.2 Å². The van der Waals surface area contributed by atoms with Crippen molar-refractivity contribution in [2.45, 2.75) is 76.4 Å². The maximum absolute atomic E-state index is 9.65. The van der Waals surface area contributed by atoms with Gasteiger partial charge in [0.1, 0.15) is 0 Å². The van der Waals surface area contributed by atoms with Gasteiger partial charge in [-0.05, 0) is 55.9 Å². The van der Waals surface area contributed by atoms with E-state index in [1.807, 2.05) is 0 Å². The van der Waals surface area contributed by atoms with E-state index in [2.05, 4.69) is 65.4 Å².